The number of fused-ring (bicyclic) bond motifs is 1. The van der Waals surface area contributed by atoms with E-state index in [1.165, 1.54) is 12.1 Å². The van der Waals surface area contributed by atoms with E-state index in [-0.39, 0.29) is 11.7 Å². The van der Waals surface area contributed by atoms with Gasteiger partial charge in [0.15, 0.2) is 0 Å². The lowest BCUT2D eigenvalue weighted by Gasteiger charge is -2.09. The first-order valence-electron chi connectivity index (χ1n) is 12.4. The average Bonchev–Trinajstić information content (AvgIpc) is 3.33. The first-order chi connectivity index (χ1) is 19.0. The van der Waals surface area contributed by atoms with Crippen molar-refractivity contribution >= 4 is 28.7 Å². The number of hydrogen-bond donors (Lipinski definition) is 2. The Labute approximate surface area is 224 Å². The number of aromatic nitrogens is 4. The Balaban J connectivity index is 1.39. The molecule has 8 heteroatoms. The monoisotopic (exact) mass is 514 g/mol. The zero-order valence-electron chi connectivity index (χ0n) is 21.0. The summed E-state index contributed by atoms with van der Waals surface area (Å²) in [4.78, 5) is 21.9. The molecule has 0 aliphatic heterocycles. The summed E-state index contributed by atoms with van der Waals surface area (Å²) in [6, 6.07) is 28.8. The lowest BCUT2D eigenvalue weighted by molar-refractivity contribution is 0.102. The molecule has 0 aliphatic rings. The first-order valence-corrected chi connectivity index (χ1v) is 12.4. The molecule has 0 bridgehead atoms. The van der Waals surface area contributed by atoms with Gasteiger partial charge >= 0.3 is 0 Å². The second kappa shape index (κ2) is 10.2. The van der Waals surface area contributed by atoms with Crippen LogP contribution in [-0.2, 0) is 0 Å². The molecule has 3 heterocycles. The smallest absolute Gasteiger partial charge is 0.255 e. The van der Waals surface area contributed by atoms with Crippen molar-refractivity contribution in [1.29, 1.82) is 0 Å². The third kappa shape index (κ3) is 5.08. The predicted molar refractivity (Wildman–Crippen MR) is 150 cm³/mol. The van der Waals surface area contributed by atoms with Gasteiger partial charge in [-0.15, -0.1) is 0 Å². The van der Waals surface area contributed by atoms with E-state index in [9.17, 15) is 9.18 Å². The molecule has 6 aromatic rings. The highest BCUT2D eigenvalue weighted by molar-refractivity contribution is 6.04. The number of aryl methyl sites for hydroxylation is 1. The van der Waals surface area contributed by atoms with Crippen LogP contribution in [0.25, 0.3) is 28.0 Å². The van der Waals surface area contributed by atoms with E-state index >= 15 is 0 Å². The largest absolute Gasteiger partial charge is 0.324 e. The van der Waals surface area contributed by atoms with Gasteiger partial charge in [0.25, 0.3) is 5.91 Å². The maximum absolute atomic E-state index is 13.7. The fourth-order valence-electron chi connectivity index (χ4n) is 4.44. The minimum atomic E-state index is -0.351. The van der Waals surface area contributed by atoms with Crippen molar-refractivity contribution in [3.63, 3.8) is 0 Å². The molecule has 1 amide bonds. The van der Waals surface area contributed by atoms with Crippen molar-refractivity contribution in [2.24, 2.45) is 0 Å². The summed E-state index contributed by atoms with van der Waals surface area (Å²) >= 11 is 0. The highest BCUT2D eigenvalue weighted by atomic mass is 19.1. The maximum Gasteiger partial charge on any atom is 0.255 e. The number of hydrogen-bond acceptors (Lipinski definition) is 5. The summed E-state index contributed by atoms with van der Waals surface area (Å²) in [5, 5.41) is 10.9. The zero-order chi connectivity index (χ0) is 26.8. The Morgan fingerprint density at radius 3 is 2.59 bits per heavy atom. The first kappa shape index (κ1) is 24.0. The second-order valence-corrected chi connectivity index (χ2v) is 9.06. The van der Waals surface area contributed by atoms with Crippen LogP contribution in [0, 0.1) is 12.7 Å². The zero-order valence-corrected chi connectivity index (χ0v) is 21.0. The summed E-state index contributed by atoms with van der Waals surface area (Å²) in [7, 11) is 0. The molecular weight excluding hydrogens is 491 g/mol. The fraction of sp³-hybridized carbons (Fsp3) is 0.0323. The molecule has 0 spiro atoms. The highest BCUT2D eigenvalue weighted by Crippen LogP contribution is 2.35. The van der Waals surface area contributed by atoms with Crippen LogP contribution in [0.2, 0.25) is 0 Å². The molecule has 0 aliphatic carbocycles. The van der Waals surface area contributed by atoms with Gasteiger partial charge in [0, 0.05) is 34.9 Å². The molecule has 39 heavy (non-hydrogen) atoms. The average molecular weight is 515 g/mol. The van der Waals surface area contributed by atoms with Crippen LogP contribution in [0.15, 0.2) is 109 Å². The molecule has 3 aromatic heterocycles. The van der Waals surface area contributed by atoms with Crippen LogP contribution in [-0.4, -0.2) is 25.5 Å². The number of nitrogens with one attached hydrogen (secondary N) is 2. The third-order valence-corrected chi connectivity index (χ3v) is 6.21. The molecule has 2 N–H and O–H groups in total. The van der Waals surface area contributed by atoms with E-state index in [2.05, 4.69) is 15.6 Å². The normalized spacial score (nSPS) is 10.9. The van der Waals surface area contributed by atoms with Gasteiger partial charge in [-0.25, -0.2) is 18.9 Å². The molecule has 7 nitrogen and oxygen atoms in total. The maximum atomic E-state index is 13.7. The SMILES string of the molecule is Cc1cccc(C(=O)Nc2cccc(-c3nn4ccccc4c3-c3ccnc(Nc4cccc(F)c4)n3)c2)c1. The number of benzene rings is 3. The van der Waals surface area contributed by atoms with Crippen molar-refractivity contribution in [3.8, 4) is 22.5 Å². The topological polar surface area (TPSA) is 84.2 Å². The van der Waals surface area contributed by atoms with Crippen molar-refractivity contribution in [3.05, 3.63) is 126 Å². The van der Waals surface area contributed by atoms with Gasteiger partial charge in [-0.1, -0.05) is 42.0 Å². The Kier molecular flexibility index (Phi) is 6.26. The Morgan fingerprint density at radius 1 is 0.872 bits per heavy atom. The molecular formula is C31H23FN6O. The van der Waals surface area contributed by atoms with Crippen molar-refractivity contribution < 1.29 is 9.18 Å². The van der Waals surface area contributed by atoms with Crippen LogP contribution < -0.4 is 10.6 Å². The van der Waals surface area contributed by atoms with E-state index in [1.54, 1.807) is 28.9 Å². The molecule has 0 unspecified atom stereocenters. The van der Waals surface area contributed by atoms with Gasteiger partial charge in [0.05, 0.1) is 16.8 Å². The molecule has 0 radical (unpaired) electrons. The number of amides is 1. The molecule has 0 saturated heterocycles. The van der Waals surface area contributed by atoms with Crippen LogP contribution in [0.4, 0.5) is 21.7 Å². The van der Waals surface area contributed by atoms with E-state index in [0.29, 0.717) is 34.3 Å². The van der Waals surface area contributed by atoms with Gasteiger partial charge in [-0.2, -0.15) is 5.10 Å². The lowest BCUT2D eigenvalue weighted by Crippen LogP contribution is -2.11. The van der Waals surface area contributed by atoms with Crippen LogP contribution in [0.5, 0.6) is 0 Å². The molecule has 3 aromatic carbocycles. The van der Waals surface area contributed by atoms with E-state index < -0.39 is 0 Å². The molecule has 6 rings (SSSR count). The number of carbonyl (C=O) groups is 1. The van der Waals surface area contributed by atoms with E-state index in [1.807, 2.05) is 79.9 Å². The van der Waals surface area contributed by atoms with Crippen molar-refractivity contribution in [1.82, 2.24) is 19.6 Å². The number of nitrogens with zero attached hydrogens (tertiary/aromatic N) is 4. The van der Waals surface area contributed by atoms with Gasteiger partial charge in [-0.05, 0) is 67.6 Å². The van der Waals surface area contributed by atoms with E-state index in [0.717, 1.165) is 22.2 Å². The third-order valence-electron chi connectivity index (χ3n) is 6.21. The van der Waals surface area contributed by atoms with Gasteiger partial charge in [-0.3, -0.25) is 4.79 Å². The summed E-state index contributed by atoms with van der Waals surface area (Å²) in [5.41, 5.74) is 6.63. The summed E-state index contributed by atoms with van der Waals surface area (Å²) in [5.74, 6) is -0.205. The summed E-state index contributed by atoms with van der Waals surface area (Å²) in [6.45, 7) is 1.95. The predicted octanol–water partition coefficient (Wildman–Crippen LogP) is 6.90. The number of carbonyl (C=O) groups excluding carboxylic acids is 1. The number of halogens is 1. The van der Waals surface area contributed by atoms with Crippen molar-refractivity contribution in [2.45, 2.75) is 6.92 Å². The molecule has 190 valence electrons. The second-order valence-electron chi connectivity index (χ2n) is 9.06. The summed E-state index contributed by atoms with van der Waals surface area (Å²) in [6.07, 6.45) is 3.53. The molecule has 0 saturated carbocycles. The van der Waals surface area contributed by atoms with Crippen LogP contribution in [0.3, 0.4) is 0 Å². The van der Waals surface area contributed by atoms with Gasteiger partial charge in [0.1, 0.15) is 11.5 Å². The fourth-order valence-corrected chi connectivity index (χ4v) is 4.44. The molecule has 0 fully saturated rings. The number of rotatable bonds is 6. The standard InChI is InChI=1S/C31H23FN6O/c1-20-7-4-9-22(17-20)30(39)34-24-11-5-8-21(18-24)29-28(27-13-2-3-16-38(27)37-29)26-14-15-33-31(36-26)35-25-12-6-10-23(32)19-25/h2-19H,1H3,(H,34,39)(H,33,35,36). The number of pyridine rings is 1. The Hall–Kier alpha value is -5.37. The summed E-state index contributed by atoms with van der Waals surface area (Å²) < 4.78 is 15.5. The Bertz CT molecular complexity index is 1830. The number of anilines is 3. The van der Waals surface area contributed by atoms with Gasteiger partial charge in [0.2, 0.25) is 5.95 Å². The minimum Gasteiger partial charge on any atom is -0.324 e. The minimum absolute atomic E-state index is 0.185. The quantitative estimate of drug-likeness (QED) is 0.253. The van der Waals surface area contributed by atoms with Crippen LogP contribution in [0.1, 0.15) is 15.9 Å². The highest BCUT2D eigenvalue weighted by Gasteiger charge is 2.19. The van der Waals surface area contributed by atoms with Crippen LogP contribution >= 0.6 is 0 Å². The van der Waals surface area contributed by atoms with Gasteiger partial charge < -0.3 is 10.6 Å². The molecule has 0 atom stereocenters. The van der Waals surface area contributed by atoms with E-state index in [4.69, 9.17) is 10.1 Å². The van der Waals surface area contributed by atoms with Crippen molar-refractivity contribution in [2.75, 3.05) is 10.6 Å². The Morgan fingerprint density at radius 2 is 1.72 bits per heavy atom. The lowest BCUT2D eigenvalue weighted by atomic mass is 10.0.